The average molecular weight is 749 g/mol. The third-order valence-corrected chi connectivity index (χ3v) is 10.4. The van der Waals surface area contributed by atoms with Crippen LogP contribution in [-0.4, -0.2) is 31.2 Å². The van der Waals surface area contributed by atoms with Gasteiger partial charge in [0.1, 0.15) is 11.5 Å². The SMILES string of the molecule is NC(=NO)c1cc2c(Oc3ccc(-c4ccccc4)cc3)cncc2s1.O=c1[nH]c(-c2cc3c(Oc4ccc(-c5ccccc5)cc4)cncc3s2)no1. The second-order valence-corrected chi connectivity index (χ2v) is 13.9. The van der Waals surface area contributed by atoms with Gasteiger partial charge in [-0.3, -0.25) is 19.5 Å². The van der Waals surface area contributed by atoms with Crippen LogP contribution in [0.2, 0.25) is 0 Å². The summed E-state index contributed by atoms with van der Waals surface area (Å²) in [5.41, 5.74) is 10.2. The summed E-state index contributed by atoms with van der Waals surface area (Å²) >= 11 is 2.85. The number of oxime groups is 1. The summed E-state index contributed by atoms with van der Waals surface area (Å²) in [5, 5.41) is 17.4. The van der Waals surface area contributed by atoms with E-state index in [0.29, 0.717) is 22.2 Å². The molecule has 5 aromatic heterocycles. The number of aromatic nitrogens is 4. The quantitative estimate of drug-likeness (QED) is 0.0594. The number of hydrogen-bond acceptors (Lipinski definition) is 11. The summed E-state index contributed by atoms with van der Waals surface area (Å²) in [7, 11) is 0. The van der Waals surface area contributed by atoms with Gasteiger partial charge in [-0.2, -0.15) is 0 Å². The number of thiophene rings is 2. The Balaban J connectivity index is 0.000000154. The second-order valence-electron chi connectivity index (χ2n) is 11.7. The Morgan fingerprint density at radius 1 is 0.667 bits per heavy atom. The highest BCUT2D eigenvalue weighted by Gasteiger charge is 2.14. The van der Waals surface area contributed by atoms with Crippen molar-refractivity contribution in [2.24, 2.45) is 10.9 Å². The van der Waals surface area contributed by atoms with Gasteiger partial charge in [-0.15, -0.1) is 22.7 Å². The topological polar surface area (TPSA) is 162 Å². The number of ether oxygens (including phenoxy) is 2. The molecule has 13 heteroatoms. The summed E-state index contributed by atoms with van der Waals surface area (Å²) in [6, 6.07) is 39.9. The standard InChI is InChI=1S/C21H13N3O3S.C20H15N3O2S/c25-21-23-20(24-27-21)18-10-16-17(11-22-12-19(16)28-18)26-15-8-6-14(7-9-15)13-4-2-1-3-5-13;21-20(23-24)18-10-16-17(11-22-12-19(16)26-18)25-15-8-6-14(7-9-15)13-4-2-1-3-5-13/h1-12H,(H,23,24,25);1-12,24H,(H2,21,23). The number of fused-ring (bicyclic) bond motifs is 2. The van der Waals surface area contributed by atoms with E-state index in [1.165, 1.54) is 22.7 Å². The van der Waals surface area contributed by atoms with Gasteiger partial charge in [-0.25, -0.2) is 4.79 Å². The second kappa shape index (κ2) is 15.3. The Morgan fingerprint density at radius 2 is 1.17 bits per heavy atom. The largest absolute Gasteiger partial charge is 0.455 e. The Labute approximate surface area is 315 Å². The molecule has 0 radical (unpaired) electrons. The smallest absolute Gasteiger partial charge is 0.439 e. The van der Waals surface area contributed by atoms with Crippen LogP contribution >= 0.6 is 22.7 Å². The molecule has 11 nitrogen and oxygen atoms in total. The van der Waals surface area contributed by atoms with Crippen molar-refractivity contribution in [3.8, 4) is 56.0 Å². The Bertz CT molecular complexity index is 2760. The number of nitrogens with two attached hydrogens (primary N) is 1. The Kier molecular flexibility index (Phi) is 9.61. The Hall–Kier alpha value is -7.09. The number of rotatable bonds is 8. The summed E-state index contributed by atoms with van der Waals surface area (Å²) < 4.78 is 18.5. The fourth-order valence-corrected chi connectivity index (χ4v) is 7.53. The van der Waals surface area contributed by atoms with Crippen LogP contribution in [0.1, 0.15) is 4.88 Å². The molecule has 0 atom stereocenters. The van der Waals surface area contributed by atoms with Crippen LogP contribution in [0.5, 0.6) is 23.0 Å². The minimum absolute atomic E-state index is 0.0735. The number of pyridine rings is 2. The minimum Gasteiger partial charge on any atom is -0.455 e. The van der Waals surface area contributed by atoms with E-state index in [1.54, 1.807) is 24.8 Å². The predicted octanol–water partition coefficient (Wildman–Crippen LogP) is 9.95. The molecular weight excluding hydrogens is 721 g/mol. The third kappa shape index (κ3) is 7.44. The number of benzene rings is 4. The molecule has 5 heterocycles. The van der Waals surface area contributed by atoms with Gasteiger partial charge in [0.2, 0.25) is 0 Å². The predicted molar refractivity (Wildman–Crippen MR) is 212 cm³/mol. The monoisotopic (exact) mass is 748 g/mol. The molecule has 4 aromatic carbocycles. The molecule has 0 saturated carbocycles. The van der Waals surface area contributed by atoms with Gasteiger partial charge in [-0.05, 0) is 58.7 Å². The maximum absolute atomic E-state index is 11.2. The first-order valence-corrected chi connectivity index (χ1v) is 18.1. The van der Waals surface area contributed by atoms with Crippen molar-refractivity contribution in [1.82, 2.24) is 20.1 Å². The number of aromatic amines is 1. The fourth-order valence-electron chi connectivity index (χ4n) is 5.61. The summed E-state index contributed by atoms with van der Waals surface area (Å²) in [6.07, 6.45) is 6.83. The lowest BCUT2D eigenvalue weighted by Gasteiger charge is -2.08. The van der Waals surface area contributed by atoms with Crippen molar-refractivity contribution in [3.63, 3.8) is 0 Å². The van der Waals surface area contributed by atoms with E-state index < -0.39 is 5.76 Å². The minimum atomic E-state index is -0.583. The van der Waals surface area contributed by atoms with E-state index in [1.807, 2.05) is 97.1 Å². The molecule has 0 fully saturated rings. The normalized spacial score (nSPS) is 11.3. The van der Waals surface area contributed by atoms with Crippen LogP contribution in [0.15, 0.2) is 161 Å². The Morgan fingerprint density at radius 3 is 1.67 bits per heavy atom. The van der Waals surface area contributed by atoms with E-state index in [-0.39, 0.29) is 5.84 Å². The maximum Gasteiger partial charge on any atom is 0.439 e. The van der Waals surface area contributed by atoms with Crippen molar-refractivity contribution >= 4 is 48.7 Å². The van der Waals surface area contributed by atoms with E-state index in [0.717, 1.165) is 58.8 Å². The lowest BCUT2D eigenvalue weighted by atomic mass is 10.1. The van der Waals surface area contributed by atoms with Crippen LogP contribution in [0, 0.1) is 0 Å². The van der Waals surface area contributed by atoms with E-state index in [9.17, 15) is 4.79 Å². The third-order valence-electron chi connectivity index (χ3n) is 8.23. The lowest BCUT2D eigenvalue weighted by molar-refractivity contribution is 0.319. The number of nitrogens with one attached hydrogen (secondary N) is 1. The molecule has 0 amide bonds. The number of H-pyrrole nitrogens is 1. The average Bonchev–Trinajstić information content (AvgIpc) is 3.98. The van der Waals surface area contributed by atoms with Crippen molar-refractivity contribution in [3.05, 3.63) is 162 Å². The molecular formula is C41H28N6O5S2. The molecule has 0 aliphatic rings. The molecule has 0 unspecified atom stereocenters. The molecule has 0 aliphatic heterocycles. The van der Waals surface area contributed by atoms with Crippen LogP contribution in [-0.2, 0) is 0 Å². The zero-order valence-corrected chi connectivity index (χ0v) is 29.8. The van der Waals surface area contributed by atoms with Gasteiger partial charge >= 0.3 is 5.76 Å². The van der Waals surface area contributed by atoms with E-state index in [2.05, 4.69) is 54.1 Å². The molecule has 9 rings (SSSR count). The van der Waals surface area contributed by atoms with Gasteiger partial charge < -0.3 is 20.4 Å². The van der Waals surface area contributed by atoms with E-state index >= 15 is 0 Å². The molecule has 0 bridgehead atoms. The summed E-state index contributed by atoms with van der Waals surface area (Å²) in [5.74, 6) is 2.59. The van der Waals surface area contributed by atoms with Gasteiger partial charge in [0.15, 0.2) is 23.2 Å². The first-order valence-electron chi connectivity index (χ1n) is 16.5. The lowest BCUT2D eigenvalue weighted by Crippen LogP contribution is -2.10. The van der Waals surface area contributed by atoms with Crippen molar-refractivity contribution in [1.29, 1.82) is 0 Å². The van der Waals surface area contributed by atoms with Crippen LogP contribution in [0.25, 0.3) is 53.1 Å². The molecule has 0 aliphatic carbocycles. The van der Waals surface area contributed by atoms with Crippen LogP contribution in [0.4, 0.5) is 0 Å². The molecule has 54 heavy (non-hydrogen) atoms. The highest BCUT2D eigenvalue weighted by molar-refractivity contribution is 7.22. The summed E-state index contributed by atoms with van der Waals surface area (Å²) in [6.45, 7) is 0. The molecule has 4 N–H and O–H groups in total. The number of nitrogens with zero attached hydrogens (tertiary/aromatic N) is 4. The number of amidine groups is 1. The summed E-state index contributed by atoms with van der Waals surface area (Å²) in [4.78, 5) is 23.7. The van der Waals surface area contributed by atoms with Gasteiger partial charge in [0.05, 0.1) is 31.5 Å². The highest BCUT2D eigenvalue weighted by Crippen LogP contribution is 2.38. The van der Waals surface area contributed by atoms with Crippen molar-refractivity contribution < 1.29 is 19.2 Å². The van der Waals surface area contributed by atoms with Crippen molar-refractivity contribution in [2.75, 3.05) is 0 Å². The highest BCUT2D eigenvalue weighted by atomic mass is 32.1. The van der Waals surface area contributed by atoms with Crippen molar-refractivity contribution in [2.45, 2.75) is 0 Å². The molecule has 9 aromatic rings. The first-order chi connectivity index (χ1) is 26.5. The van der Waals surface area contributed by atoms with Gasteiger partial charge in [-0.1, -0.05) is 95.2 Å². The first kappa shape index (κ1) is 34.0. The zero-order valence-electron chi connectivity index (χ0n) is 28.1. The number of hydrogen-bond donors (Lipinski definition) is 3. The van der Waals surface area contributed by atoms with Crippen LogP contribution in [0.3, 0.4) is 0 Å². The van der Waals surface area contributed by atoms with E-state index in [4.69, 9.17) is 20.4 Å². The fraction of sp³-hybridized carbons (Fsp3) is 0. The van der Waals surface area contributed by atoms with Crippen LogP contribution < -0.4 is 21.0 Å². The molecule has 0 saturated heterocycles. The van der Waals surface area contributed by atoms with Gasteiger partial charge in [0.25, 0.3) is 0 Å². The molecule has 0 spiro atoms. The molecule has 264 valence electrons. The maximum atomic E-state index is 11.2. The zero-order chi connectivity index (χ0) is 36.9. The van der Waals surface area contributed by atoms with Gasteiger partial charge in [0, 0.05) is 23.2 Å².